The predicted octanol–water partition coefficient (Wildman–Crippen LogP) is 2.12. The maximum atomic E-state index is 11.7. The van der Waals surface area contributed by atoms with E-state index in [2.05, 4.69) is 20.6 Å². The standard InChI is InChI=1S/C14H17N3O3/c1-9(16-17-14(19)20-2)11-4-3-5-12(8-11)15-13(18)10-6-7-10/h3-5,8,10H,6-7H2,1-2H3,(H,15,18)(H,17,19). The highest BCUT2D eigenvalue weighted by molar-refractivity contribution is 6.01. The van der Waals surface area contributed by atoms with E-state index in [1.807, 2.05) is 24.3 Å². The lowest BCUT2D eigenvalue weighted by Gasteiger charge is -2.07. The van der Waals surface area contributed by atoms with Crippen molar-refractivity contribution in [3.8, 4) is 0 Å². The van der Waals surface area contributed by atoms with Crippen molar-refractivity contribution in [2.24, 2.45) is 11.0 Å². The maximum absolute atomic E-state index is 11.7. The number of anilines is 1. The molecule has 0 radical (unpaired) electrons. The van der Waals surface area contributed by atoms with Gasteiger partial charge in [-0.3, -0.25) is 4.79 Å². The van der Waals surface area contributed by atoms with Gasteiger partial charge in [0.05, 0.1) is 12.8 Å². The molecule has 2 amide bonds. The molecule has 1 saturated carbocycles. The van der Waals surface area contributed by atoms with Crippen LogP contribution in [0.2, 0.25) is 0 Å². The van der Waals surface area contributed by atoms with Crippen LogP contribution in [0.5, 0.6) is 0 Å². The van der Waals surface area contributed by atoms with Gasteiger partial charge in [0.2, 0.25) is 5.91 Å². The van der Waals surface area contributed by atoms with Gasteiger partial charge in [-0.1, -0.05) is 12.1 Å². The molecule has 0 unspecified atom stereocenters. The van der Waals surface area contributed by atoms with Gasteiger partial charge in [0.15, 0.2) is 0 Å². The lowest BCUT2D eigenvalue weighted by molar-refractivity contribution is -0.117. The average molecular weight is 275 g/mol. The fraction of sp³-hybridized carbons (Fsp3) is 0.357. The number of ether oxygens (including phenoxy) is 1. The summed E-state index contributed by atoms with van der Waals surface area (Å²) in [4.78, 5) is 22.6. The van der Waals surface area contributed by atoms with Gasteiger partial charge in [-0.05, 0) is 37.5 Å². The SMILES string of the molecule is COC(=O)NN=C(C)c1cccc(NC(=O)C2CC2)c1. The summed E-state index contributed by atoms with van der Waals surface area (Å²) >= 11 is 0. The van der Waals surface area contributed by atoms with Crippen LogP contribution in [0.1, 0.15) is 25.3 Å². The molecule has 1 aliphatic carbocycles. The summed E-state index contributed by atoms with van der Waals surface area (Å²) in [5.41, 5.74) is 4.43. The van der Waals surface area contributed by atoms with E-state index in [0.717, 1.165) is 24.1 Å². The topological polar surface area (TPSA) is 79.8 Å². The Morgan fingerprint density at radius 2 is 2.10 bits per heavy atom. The first-order chi connectivity index (χ1) is 9.60. The summed E-state index contributed by atoms with van der Waals surface area (Å²) in [6.07, 6.45) is 1.31. The van der Waals surface area contributed by atoms with Crippen molar-refractivity contribution in [1.82, 2.24) is 5.43 Å². The van der Waals surface area contributed by atoms with Crippen LogP contribution in [0.25, 0.3) is 0 Å². The van der Waals surface area contributed by atoms with Gasteiger partial charge in [-0.15, -0.1) is 0 Å². The van der Waals surface area contributed by atoms with Gasteiger partial charge in [-0.2, -0.15) is 5.10 Å². The van der Waals surface area contributed by atoms with Crippen molar-refractivity contribution in [2.75, 3.05) is 12.4 Å². The molecule has 0 saturated heterocycles. The largest absolute Gasteiger partial charge is 0.452 e. The van der Waals surface area contributed by atoms with Gasteiger partial charge in [0.25, 0.3) is 0 Å². The lowest BCUT2D eigenvalue weighted by Crippen LogP contribution is -2.18. The van der Waals surface area contributed by atoms with E-state index >= 15 is 0 Å². The molecule has 1 aromatic rings. The molecule has 0 atom stereocenters. The molecule has 1 aliphatic rings. The van der Waals surface area contributed by atoms with Crippen LogP contribution < -0.4 is 10.7 Å². The number of methoxy groups -OCH3 is 1. The molecule has 0 bridgehead atoms. The molecule has 0 aromatic heterocycles. The Balaban J connectivity index is 2.04. The van der Waals surface area contributed by atoms with Gasteiger partial charge in [0.1, 0.15) is 0 Å². The molecule has 2 N–H and O–H groups in total. The summed E-state index contributed by atoms with van der Waals surface area (Å²) in [5, 5.41) is 6.78. The molecule has 1 fully saturated rings. The van der Waals surface area contributed by atoms with Gasteiger partial charge < -0.3 is 10.1 Å². The molecular weight excluding hydrogens is 258 g/mol. The van der Waals surface area contributed by atoms with E-state index in [0.29, 0.717) is 5.71 Å². The van der Waals surface area contributed by atoms with Crippen LogP contribution in [0.3, 0.4) is 0 Å². The Morgan fingerprint density at radius 3 is 2.75 bits per heavy atom. The Labute approximate surface area is 117 Å². The minimum Gasteiger partial charge on any atom is -0.452 e. The van der Waals surface area contributed by atoms with Crippen LogP contribution in [0.4, 0.5) is 10.5 Å². The molecule has 1 aromatic carbocycles. The van der Waals surface area contributed by atoms with Crippen LogP contribution >= 0.6 is 0 Å². The second kappa shape index (κ2) is 6.18. The van der Waals surface area contributed by atoms with E-state index in [9.17, 15) is 9.59 Å². The lowest BCUT2D eigenvalue weighted by atomic mass is 10.1. The summed E-state index contributed by atoms with van der Waals surface area (Å²) in [6, 6.07) is 7.32. The number of rotatable bonds is 4. The predicted molar refractivity (Wildman–Crippen MR) is 75.5 cm³/mol. The fourth-order valence-corrected chi connectivity index (χ4v) is 1.65. The third kappa shape index (κ3) is 3.81. The summed E-state index contributed by atoms with van der Waals surface area (Å²) in [6.45, 7) is 1.76. The number of nitrogens with one attached hydrogen (secondary N) is 2. The Kier molecular flexibility index (Phi) is 4.34. The molecule has 0 spiro atoms. The summed E-state index contributed by atoms with van der Waals surface area (Å²) < 4.78 is 4.43. The molecule has 106 valence electrons. The monoisotopic (exact) mass is 275 g/mol. The Bertz CT molecular complexity index is 550. The zero-order chi connectivity index (χ0) is 14.5. The third-order valence-electron chi connectivity index (χ3n) is 3.00. The molecule has 20 heavy (non-hydrogen) atoms. The van der Waals surface area contributed by atoms with Crippen molar-refractivity contribution in [2.45, 2.75) is 19.8 Å². The third-order valence-corrected chi connectivity index (χ3v) is 3.00. The highest BCUT2D eigenvalue weighted by Crippen LogP contribution is 2.30. The summed E-state index contributed by atoms with van der Waals surface area (Å²) in [7, 11) is 1.27. The van der Waals surface area contributed by atoms with Gasteiger partial charge in [0, 0.05) is 11.6 Å². The highest BCUT2D eigenvalue weighted by atomic mass is 16.5. The zero-order valence-corrected chi connectivity index (χ0v) is 11.5. The number of benzene rings is 1. The molecule has 0 heterocycles. The quantitative estimate of drug-likeness (QED) is 0.652. The van der Waals surface area contributed by atoms with Gasteiger partial charge in [-0.25, -0.2) is 10.2 Å². The van der Waals surface area contributed by atoms with Crippen LogP contribution in [0, 0.1) is 5.92 Å². The van der Waals surface area contributed by atoms with Crippen LogP contribution in [0.15, 0.2) is 29.4 Å². The maximum Gasteiger partial charge on any atom is 0.427 e. The van der Waals surface area contributed by atoms with Crippen molar-refractivity contribution in [3.05, 3.63) is 29.8 Å². The molecular formula is C14H17N3O3. The molecule has 6 nitrogen and oxygen atoms in total. The smallest absolute Gasteiger partial charge is 0.427 e. The molecule has 0 aliphatic heterocycles. The average Bonchev–Trinajstić information content (AvgIpc) is 3.29. The van der Waals surface area contributed by atoms with Crippen LogP contribution in [-0.2, 0) is 9.53 Å². The van der Waals surface area contributed by atoms with E-state index in [-0.39, 0.29) is 11.8 Å². The van der Waals surface area contributed by atoms with Crippen molar-refractivity contribution in [3.63, 3.8) is 0 Å². The second-order valence-corrected chi connectivity index (χ2v) is 4.64. The van der Waals surface area contributed by atoms with E-state index in [1.165, 1.54) is 7.11 Å². The first kappa shape index (κ1) is 14.0. The number of amides is 2. The fourth-order valence-electron chi connectivity index (χ4n) is 1.65. The first-order valence-electron chi connectivity index (χ1n) is 6.39. The zero-order valence-electron chi connectivity index (χ0n) is 11.5. The van der Waals surface area contributed by atoms with Crippen LogP contribution in [-0.4, -0.2) is 24.8 Å². The van der Waals surface area contributed by atoms with Gasteiger partial charge >= 0.3 is 6.09 Å². The number of nitrogens with zero attached hydrogens (tertiary/aromatic N) is 1. The first-order valence-corrected chi connectivity index (χ1v) is 6.39. The summed E-state index contributed by atoms with van der Waals surface area (Å²) in [5.74, 6) is 0.221. The number of carbonyl (C=O) groups is 2. The Hall–Kier alpha value is -2.37. The second-order valence-electron chi connectivity index (χ2n) is 4.64. The number of carbonyl (C=O) groups excluding carboxylic acids is 2. The minimum atomic E-state index is -0.623. The van der Waals surface area contributed by atoms with Crippen molar-refractivity contribution in [1.29, 1.82) is 0 Å². The van der Waals surface area contributed by atoms with E-state index < -0.39 is 6.09 Å². The van der Waals surface area contributed by atoms with E-state index in [1.54, 1.807) is 6.92 Å². The molecule has 2 rings (SSSR count). The van der Waals surface area contributed by atoms with E-state index in [4.69, 9.17) is 0 Å². The normalized spacial score (nSPS) is 14.6. The number of hydrazone groups is 1. The Morgan fingerprint density at radius 1 is 1.35 bits per heavy atom. The number of hydrogen-bond acceptors (Lipinski definition) is 4. The molecule has 6 heteroatoms. The highest BCUT2D eigenvalue weighted by Gasteiger charge is 2.29. The van der Waals surface area contributed by atoms with Crippen molar-refractivity contribution < 1.29 is 14.3 Å². The van der Waals surface area contributed by atoms with Crippen molar-refractivity contribution >= 4 is 23.4 Å². The minimum absolute atomic E-state index is 0.0597. The number of hydrogen-bond donors (Lipinski definition) is 2.